The quantitative estimate of drug-likeness (QED) is 0.622. The number of carbonyl (C=O) groups excluding carboxylic acids is 1. The zero-order valence-corrected chi connectivity index (χ0v) is 18.2. The van der Waals surface area contributed by atoms with Crippen LogP contribution >= 0.6 is 0 Å². The Balaban J connectivity index is 1.11. The number of hydrogen-bond acceptors (Lipinski definition) is 3. The molecule has 2 heterocycles. The van der Waals surface area contributed by atoms with Gasteiger partial charge in [-0.15, -0.1) is 0 Å². The van der Waals surface area contributed by atoms with E-state index in [0.29, 0.717) is 12.1 Å². The Hall–Kier alpha value is -2.76. The first-order valence-electron chi connectivity index (χ1n) is 11.5. The molecular formula is C27H29FN2O2. The Morgan fingerprint density at radius 2 is 1.81 bits per heavy atom. The number of nitrogens with one attached hydrogen (secondary N) is 1. The molecule has 0 aliphatic carbocycles. The molecule has 32 heavy (non-hydrogen) atoms. The van der Waals surface area contributed by atoms with Crippen LogP contribution in [0, 0.1) is 5.82 Å². The molecule has 0 bridgehead atoms. The van der Waals surface area contributed by atoms with Crippen molar-refractivity contribution in [2.45, 2.75) is 43.9 Å². The fourth-order valence-electron chi connectivity index (χ4n) is 5.06. The van der Waals surface area contributed by atoms with Gasteiger partial charge in [0.15, 0.2) is 0 Å². The molecule has 0 aromatic heterocycles. The number of likely N-dealkylation sites (tertiary alicyclic amines) is 1. The van der Waals surface area contributed by atoms with Crippen molar-refractivity contribution in [3.05, 3.63) is 83.7 Å². The minimum absolute atomic E-state index is 0.0274. The van der Waals surface area contributed by atoms with Crippen molar-refractivity contribution in [2.24, 2.45) is 0 Å². The predicted molar refractivity (Wildman–Crippen MR) is 124 cm³/mol. The van der Waals surface area contributed by atoms with Gasteiger partial charge in [0, 0.05) is 31.7 Å². The Kier molecular flexibility index (Phi) is 5.94. The highest BCUT2D eigenvalue weighted by atomic mass is 19.1. The maximum atomic E-state index is 13.3. The molecule has 166 valence electrons. The van der Waals surface area contributed by atoms with Gasteiger partial charge in [-0.1, -0.05) is 42.5 Å². The second-order valence-corrected chi connectivity index (χ2v) is 9.14. The van der Waals surface area contributed by atoms with E-state index in [-0.39, 0.29) is 17.6 Å². The lowest BCUT2D eigenvalue weighted by molar-refractivity contribution is -0.0764. The van der Waals surface area contributed by atoms with Gasteiger partial charge in [-0.2, -0.15) is 0 Å². The highest BCUT2D eigenvalue weighted by Gasteiger charge is 2.42. The number of hydrogen-bond donors (Lipinski definition) is 1. The minimum Gasteiger partial charge on any atom is -0.370 e. The summed E-state index contributed by atoms with van der Waals surface area (Å²) in [4.78, 5) is 14.8. The number of carbonyl (C=O) groups is 1. The van der Waals surface area contributed by atoms with Gasteiger partial charge in [0.2, 0.25) is 0 Å². The summed E-state index contributed by atoms with van der Waals surface area (Å²) < 4.78 is 19.8. The minimum atomic E-state index is -0.399. The molecule has 1 unspecified atom stereocenters. The van der Waals surface area contributed by atoms with Gasteiger partial charge in [0.25, 0.3) is 5.91 Å². The molecular weight excluding hydrogens is 403 g/mol. The van der Waals surface area contributed by atoms with Crippen LogP contribution in [0.2, 0.25) is 0 Å². The summed E-state index contributed by atoms with van der Waals surface area (Å²) in [6, 6.07) is 21.0. The van der Waals surface area contributed by atoms with Crippen LogP contribution in [0.3, 0.4) is 0 Å². The van der Waals surface area contributed by atoms with Gasteiger partial charge < -0.3 is 10.1 Å². The van der Waals surface area contributed by atoms with Crippen molar-refractivity contribution in [3.8, 4) is 0 Å². The van der Waals surface area contributed by atoms with E-state index in [0.717, 1.165) is 45.3 Å². The number of piperidine rings is 1. The van der Waals surface area contributed by atoms with Crippen molar-refractivity contribution in [2.75, 3.05) is 19.6 Å². The van der Waals surface area contributed by atoms with Crippen LogP contribution in [-0.2, 0) is 11.3 Å². The standard InChI is InChI=1S/C27H29FN2O2/c28-24-7-3-6-23(17-24)26(31)29-18-25-10-11-27(32-25)12-14-30(15-13-27)19-20-8-9-21-4-1-2-5-22(21)16-20/h1-9,16-17,25H,10-15,18-19H2,(H,29,31). The van der Waals surface area contributed by atoms with Crippen molar-refractivity contribution >= 4 is 16.7 Å². The molecule has 5 rings (SSSR count). The fourth-order valence-corrected chi connectivity index (χ4v) is 5.06. The van der Waals surface area contributed by atoms with E-state index in [1.54, 1.807) is 12.1 Å². The third-order valence-corrected chi connectivity index (χ3v) is 6.90. The molecule has 1 spiro atoms. The van der Waals surface area contributed by atoms with Gasteiger partial charge in [-0.25, -0.2) is 4.39 Å². The SMILES string of the molecule is O=C(NCC1CCC2(CCN(Cc3ccc4ccccc4c3)CC2)O1)c1cccc(F)c1. The van der Waals surface area contributed by atoms with Gasteiger partial charge in [0.1, 0.15) is 5.82 Å². The average molecular weight is 433 g/mol. The smallest absolute Gasteiger partial charge is 0.251 e. The monoisotopic (exact) mass is 432 g/mol. The molecule has 2 fully saturated rings. The summed E-state index contributed by atoms with van der Waals surface area (Å²) in [6.45, 7) is 3.48. The molecule has 0 radical (unpaired) electrons. The number of rotatable bonds is 5. The van der Waals surface area contributed by atoms with Crippen molar-refractivity contribution in [1.82, 2.24) is 10.2 Å². The van der Waals surface area contributed by atoms with Crippen LogP contribution in [0.5, 0.6) is 0 Å². The van der Waals surface area contributed by atoms with Gasteiger partial charge in [0.05, 0.1) is 11.7 Å². The fraction of sp³-hybridized carbons (Fsp3) is 0.370. The molecule has 5 heteroatoms. The normalized spacial score (nSPS) is 20.6. The maximum Gasteiger partial charge on any atom is 0.251 e. The van der Waals surface area contributed by atoms with Crippen LogP contribution in [-0.4, -0.2) is 42.1 Å². The van der Waals surface area contributed by atoms with Crippen LogP contribution in [0.15, 0.2) is 66.7 Å². The first-order chi connectivity index (χ1) is 15.6. The van der Waals surface area contributed by atoms with Gasteiger partial charge >= 0.3 is 0 Å². The zero-order valence-electron chi connectivity index (χ0n) is 18.2. The molecule has 3 aromatic rings. The summed E-state index contributed by atoms with van der Waals surface area (Å²) in [6.07, 6.45) is 4.06. The van der Waals surface area contributed by atoms with Crippen LogP contribution in [0.4, 0.5) is 4.39 Å². The summed E-state index contributed by atoms with van der Waals surface area (Å²) in [5, 5.41) is 5.48. The van der Waals surface area contributed by atoms with Gasteiger partial charge in [-0.3, -0.25) is 9.69 Å². The van der Waals surface area contributed by atoms with Crippen molar-refractivity contribution < 1.29 is 13.9 Å². The highest BCUT2D eigenvalue weighted by molar-refractivity contribution is 5.94. The summed E-state index contributed by atoms with van der Waals surface area (Å²) >= 11 is 0. The first-order valence-corrected chi connectivity index (χ1v) is 11.5. The Bertz CT molecular complexity index is 1110. The Morgan fingerprint density at radius 1 is 1.00 bits per heavy atom. The molecule has 2 aliphatic heterocycles. The largest absolute Gasteiger partial charge is 0.370 e. The number of amides is 1. The summed E-state index contributed by atoms with van der Waals surface area (Å²) in [5.74, 6) is -0.650. The molecule has 0 saturated carbocycles. The summed E-state index contributed by atoms with van der Waals surface area (Å²) in [5.41, 5.74) is 1.64. The van der Waals surface area contributed by atoms with E-state index in [1.807, 2.05) is 0 Å². The van der Waals surface area contributed by atoms with E-state index < -0.39 is 5.82 Å². The topological polar surface area (TPSA) is 41.6 Å². The lowest BCUT2D eigenvalue weighted by Crippen LogP contribution is -2.44. The molecule has 2 aliphatic rings. The Labute approximate surface area is 188 Å². The highest BCUT2D eigenvalue weighted by Crippen LogP contribution is 2.39. The predicted octanol–water partition coefficient (Wildman–Crippen LogP) is 4.92. The second-order valence-electron chi connectivity index (χ2n) is 9.14. The Morgan fingerprint density at radius 3 is 2.62 bits per heavy atom. The van der Waals surface area contributed by atoms with E-state index in [9.17, 15) is 9.18 Å². The number of halogens is 1. The average Bonchev–Trinajstić information content (AvgIpc) is 3.21. The lowest BCUT2D eigenvalue weighted by Gasteiger charge is -2.39. The van der Waals surface area contributed by atoms with E-state index >= 15 is 0 Å². The summed E-state index contributed by atoms with van der Waals surface area (Å²) in [7, 11) is 0. The molecule has 1 N–H and O–H groups in total. The van der Waals surface area contributed by atoms with Crippen LogP contribution in [0.25, 0.3) is 10.8 Å². The number of nitrogens with zero attached hydrogens (tertiary/aromatic N) is 1. The third kappa shape index (κ3) is 4.69. The van der Waals surface area contributed by atoms with E-state index in [1.165, 1.54) is 28.5 Å². The number of ether oxygens (including phenoxy) is 1. The number of benzene rings is 3. The van der Waals surface area contributed by atoms with Crippen LogP contribution < -0.4 is 5.32 Å². The van der Waals surface area contributed by atoms with Crippen LogP contribution in [0.1, 0.15) is 41.6 Å². The van der Waals surface area contributed by atoms with Crippen molar-refractivity contribution in [3.63, 3.8) is 0 Å². The maximum absolute atomic E-state index is 13.3. The molecule has 4 nitrogen and oxygen atoms in total. The molecule has 1 amide bonds. The van der Waals surface area contributed by atoms with Crippen molar-refractivity contribution in [1.29, 1.82) is 0 Å². The third-order valence-electron chi connectivity index (χ3n) is 6.90. The lowest BCUT2D eigenvalue weighted by atomic mass is 9.88. The first kappa shape index (κ1) is 21.1. The molecule has 3 aromatic carbocycles. The van der Waals surface area contributed by atoms with E-state index in [4.69, 9.17) is 4.74 Å². The van der Waals surface area contributed by atoms with Gasteiger partial charge in [-0.05, 0) is 66.3 Å². The second kappa shape index (κ2) is 9.00. The molecule has 2 saturated heterocycles. The number of fused-ring (bicyclic) bond motifs is 1. The molecule has 1 atom stereocenters. The van der Waals surface area contributed by atoms with E-state index in [2.05, 4.69) is 52.7 Å². The zero-order chi connectivity index (χ0) is 22.0.